The van der Waals surface area contributed by atoms with Gasteiger partial charge in [0.25, 0.3) is 0 Å². The molecule has 0 radical (unpaired) electrons. The van der Waals surface area contributed by atoms with Crippen LogP contribution in [0.3, 0.4) is 0 Å². The Hall–Kier alpha value is -1.22. The minimum Gasteiger partial charge on any atom is -0.325 e. The first-order valence-corrected chi connectivity index (χ1v) is 9.25. The average Bonchev–Trinajstić information content (AvgIpc) is 3.36. The molecule has 0 aliphatic heterocycles. The molecular weight excluding hydrogens is 357 g/mol. The van der Waals surface area contributed by atoms with Crippen molar-refractivity contribution >= 4 is 34.0 Å². The summed E-state index contributed by atoms with van der Waals surface area (Å²) < 4.78 is 40.5. The molecule has 0 aromatic heterocycles. The summed E-state index contributed by atoms with van der Waals surface area (Å²) in [5.41, 5.74) is 0.265. The number of carbonyl (C=O) groups is 1. The van der Waals surface area contributed by atoms with E-state index in [1.54, 1.807) is 0 Å². The van der Waals surface area contributed by atoms with Crippen LogP contribution in [0.5, 0.6) is 0 Å². The lowest BCUT2D eigenvalue weighted by molar-refractivity contribution is -0.115. The van der Waals surface area contributed by atoms with Crippen molar-refractivity contribution in [3.8, 4) is 0 Å². The Morgan fingerprint density at radius 3 is 2.54 bits per heavy atom. The Kier molecular flexibility index (Phi) is 6.19. The molecule has 24 heavy (non-hydrogen) atoms. The predicted molar refractivity (Wildman–Crippen MR) is 91.2 cm³/mol. The highest BCUT2D eigenvalue weighted by atomic mass is 35.5. The second-order valence-corrected chi connectivity index (χ2v) is 7.85. The molecule has 0 atom stereocenters. The summed E-state index contributed by atoms with van der Waals surface area (Å²) in [5.74, 6) is -0.447. The molecule has 6 nitrogen and oxygen atoms in total. The predicted octanol–water partition coefficient (Wildman–Crippen LogP) is 1.63. The number of carbonyl (C=O) groups excluding carboxylic acids is 1. The van der Waals surface area contributed by atoms with E-state index in [1.807, 2.05) is 0 Å². The number of hydrogen-bond donors (Lipinski definition) is 3. The molecule has 0 saturated heterocycles. The molecule has 0 bridgehead atoms. The number of sulfonamides is 1. The first-order chi connectivity index (χ1) is 10.9. The van der Waals surface area contributed by atoms with Gasteiger partial charge < -0.3 is 10.6 Å². The van der Waals surface area contributed by atoms with Crippen LogP contribution in [0.2, 0.25) is 0 Å². The first-order valence-electron chi connectivity index (χ1n) is 7.76. The highest BCUT2D eigenvalue weighted by molar-refractivity contribution is 7.89. The molecule has 2 aliphatic rings. The zero-order chi connectivity index (χ0) is 16.4. The molecule has 0 spiro atoms. The number of rotatable bonds is 8. The summed E-state index contributed by atoms with van der Waals surface area (Å²) in [6, 6.07) is 3.45. The van der Waals surface area contributed by atoms with Gasteiger partial charge in [-0.15, -0.1) is 12.4 Å². The molecule has 2 fully saturated rings. The van der Waals surface area contributed by atoms with Gasteiger partial charge in [-0.2, -0.15) is 0 Å². The number of halogens is 2. The van der Waals surface area contributed by atoms with Crippen LogP contribution in [-0.2, 0) is 14.8 Å². The molecule has 1 amide bonds. The Morgan fingerprint density at radius 2 is 1.92 bits per heavy atom. The highest BCUT2D eigenvalue weighted by Gasteiger charge is 2.30. The van der Waals surface area contributed by atoms with E-state index in [4.69, 9.17) is 0 Å². The van der Waals surface area contributed by atoms with Gasteiger partial charge in [-0.1, -0.05) is 0 Å². The number of hydrogen-bond acceptors (Lipinski definition) is 4. The van der Waals surface area contributed by atoms with Gasteiger partial charge >= 0.3 is 0 Å². The quantitative estimate of drug-likeness (QED) is 0.642. The van der Waals surface area contributed by atoms with Crippen LogP contribution in [0.1, 0.15) is 25.7 Å². The van der Waals surface area contributed by atoms with Gasteiger partial charge in [0.2, 0.25) is 15.9 Å². The number of amides is 1. The number of benzene rings is 1. The third-order valence-corrected chi connectivity index (χ3v) is 5.35. The van der Waals surface area contributed by atoms with E-state index in [2.05, 4.69) is 15.4 Å². The summed E-state index contributed by atoms with van der Waals surface area (Å²) in [4.78, 5) is 11.4. The van der Waals surface area contributed by atoms with E-state index in [9.17, 15) is 17.6 Å². The van der Waals surface area contributed by atoms with E-state index in [0.717, 1.165) is 31.5 Å². The van der Waals surface area contributed by atoms with E-state index in [-0.39, 0.29) is 36.6 Å². The minimum atomic E-state index is -3.90. The summed E-state index contributed by atoms with van der Waals surface area (Å²) in [6.07, 6.45) is 3.93. The van der Waals surface area contributed by atoms with Crippen molar-refractivity contribution in [2.24, 2.45) is 5.92 Å². The van der Waals surface area contributed by atoms with Crippen molar-refractivity contribution in [2.45, 2.75) is 36.6 Å². The second kappa shape index (κ2) is 7.77. The molecule has 1 aromatic carbocycles. The summed E-state index contributed by atoms with van der Waals surface area (Å²) in [5, 5.41) is 5.63. The van der Waals surface area contributed by atoms with Crippen LogP contribution in [-0.4, -0.2) is 33.5 Å². The molecule has 0 heterocycles. The van der Waals surface area contributed by atoms with Crippen molar-refractivity contribution in [2.75, 3.05) is 18.4 Å². The maximum atomic E-state index is 13.8. The fourth-order valence-corrected chi connectivity index (χ4v) is 3.60. The van der Waals surface area contributed by atoms with E-state index < -0.39 is 20.7 Å². The summed E-state index contributed by atoms with van der Waals surface area (Å²) >= 11 is 0. The van der Waals surface area contributed by atoms with Gasteiger partial charge in [0.1, 0.15) is 10.7 Å². The Labute approximate surface area is 147 Å². The maximum absolute atomic E-state index is 13.8. The standard InChI is InChI=1S/C15H20FN3O3S.ClH/c16-13-6-5-12(18-15(20)9-17-8-10-1-2-10)7-14(13)23(21,22)19-11-3-4-11;/h5-7,10-11,17,19H,1-4,8-9H2,(H,18,20);1H. The van der Waals surface area contributed by atoms with Crippen LogP contribution >= 0.6 is 12.4 Å². The van der Waals surface area contributed by atoms with E-state index >= 15 is 0 Å². The number of anilines is 1. The SMILES string of the molecule is Cl.O=C(CNCC1CC1)Nc1ccc(F)c(S(=O)(=O)NC2CC2)c1. The zero-order valence-corrected chi connectivity index (χ0v) is 14.7. The van der Waals surface area contributed by atoms with Gasteiger partial charge in [0.05, 0.1) is 6.54 Å². The molecule has 134 valence electrons. The van der Waals surface area contributed by atoms with Crippen LogP contribution in [0.25, 0.3) is 0 Å². The van der Waals surface area contributed by atoms with Gasteiger partial charge in [-0.25, -0.2) is 17.5 Å². The summed E-state index contributed by atoms with van der Waals surface area (Å²) in [7, 11) is -3.90. The van der Waals surface area contributed by atoms with Crippen LogP contribution < -0.4 is 15.4 Å². The van der Waals surface area contributed by atoms with Crippen LogP contribution in [0, 0.1) is 11.7 Å². The molecule has 2 aliphatic carbocycles. The van der Waals surface area contributed by atoms with Gasteiger partial charge in [-0.05, 0) is 56.3 Å². The van der Waals surface area contributed by atoms with Crippen LogP contribution in [0.4, 0.5) is 10.1 Å². The average molecular weight is 378 g/mol. The summed E-state index contributed by atoms with van der Waals surface area (Å²) in [6.45, 7) is 0.956. The van der Waals surface area contributed by atoms with E-state index in [0.29, 0.717) is 5.92 Å². The second-order valence-electron chi connectivity index (χ2n) is 6.16. The molecule has 3 N–H and O–H groups in total. The molecule has 0 unspecified atom stereocenters. The largest absolute Gasteiger partial charge is 0.325 e. The lowest BCUT2D eigenvalue weighted by atomic mass is 10.3. The third-order valence-electron chi connectivity index (χ3n) is 3.82. The van der Waals surface area contributed by atoms with Crippen molar-refractivity contribution in [1.82, 2.24) is 10.0 Å². The van der Waals surface area contributed by atoms with Crippen molar-refractivity contribution in [1.29, 1.82) is 0 Å². The lowest BCUT2D eigenvalue weighted by Gasteiger charge is -2.10. The lowest BCUT2D eigenvalue weighted by Crippen LogP contribution is -2.30. The smallest absolute Gasteiger partial charge is 0.243 e. The topological polar surface area (TPSA) is 87.3 Å². The molecule has 1 aromatic rings. The van der Waals surface area contributed by atoms with Crippen LogP contribution in [0.15, 0.2) is 23.1 Å². The van der Waals surface area contributed by atoms with Gasteiger partial charge in [0, 0.05) is 11.7 Å². The fourth-order valence-electron chi connectivity index (χ4n) is 2.19. The van der Waals surface area contributed by atoms with Crippen molar-refractivity contribution in [3.05, 3.63) is 24.0 Å². The molecule has 3 rings (SSSR count). The maximum Gasteiger partial charge on any atom is 0.243 e. The number of nitrogens with one attached hydrogen (secondary N) is 3. The molecule has 9 heteroatoms. The normalized spacial score (nSPS) is 17.2. The first kappa shape index (κ1) is 19.1. The third kappa shape index (κ3) is 5.41. The van der Waals surface area contributed by atoms with Gasteiger partial charge in [0.15, 0.2) is 0 Å². The van der Waals surface area contributed by atoms with Crippen molar-refractivity contribution < 1.29 is 17.6 Å². The zero-order valence-electron chi connectivity index (χ0n) is 13.0. The molecular formula is C15H21ClFN3O3S. The highest BCUT2D eigenvalue weighted by Crippen LogP contribution is 2.27. The fraction of sp³-hybridized carbons (Fsp3) is 0.533. The Bertz CT molecular complexity index is 706. The monoisotopic (exact) mass is 377 g/mol. The molecule has 2 saturated carbocycles. The Morgan fingerprint density at radius 1 is 1.21 bits per heavy atom. The van der Waals surface area contributed by atoms with Crippen molar-refractivity contribution in [3.63, 3.8) is 0 Å². The minimum absolute atomic E-state index is 0. The Balaban J connectivity index is 0.00000208. The van der Waals surface area contributed by atoms with E-state index in [1.165, 1.54) is 18.9 Å². The van der Waals surface area contributed by atoms with Gasteiger partial charge in [-0.3, -0.25) is 4.79 Å².